The van der Waals surface area contributed by atoms with Crippen LogP contribution in [0.5, 0.6) is 0 Å². The highest BCUT2D eigenvalue weighted by Crippen LogP contribution is 2.18. The van der Waals surface area contributed by atoms with Crippen LogP contribution >= 0.6 is 15.9 Å². The quantitative estimate of drug-likeness (QED) is 0.783. The maximum Gasteiger partial charge on any atom is 0.196 e. The zero-order valence-electron chi connectivity index (χ0n) is 8.03. The van der Waals surface area contributed by atoms with E-state index in [4.69, 9.17) is 4.42 Å². The Bertz CT molecular complexity index is 391. The number of halogens is 1. The van der Waals surface area contributed by atoms with Crippen molar-refractivity contribution in [3.05, 3.63) is 30.2 Å². The summed E-state index contributed by atoms with van der Waals surface area (Å²) in [4.78, 5) is 4.86. The molecule has 14 heavy (non-hydrogen) atoms. The fourth-order valence-corrected chi connectivity index (χ4v) is 1.62. The normalized spacial score (nSPS) is 13.3. The number of alkyl halides is 1. The molecule has 1 aromatic heterocycles. The van der Waals surface area contributed by atoms with Crippen molar-refractivity contribution in [2.24, 2.45) is 0 Å². The molecule has 0 spiro atoms. The maximum absolute atomic E-state index is 5.60. The lowest BCUT2D eigenvalue weighted by Gasteiger charge is -2.00. The van der Waals surface area contributed by atoms with Crippen LogP contribution in [0.4, 0.5) is 0 Å². The summed E-state index contributed by atoms with van der Waals surface area (Å²) in [5.74, 6) is 0.815. The summed E-state index contributed by atoms with van der Waals surface area (Å²) >= 11 is 3.57. The minimum Gasteiger partial charge on any atom is -0.441 e. The Morgan fingerprint density at radius 1 is 1.43 bits per heavy atom. The van der Waals surface area contributed by atoms with Gasteiger partial charge in [0.2, 0.25) is 0 Å². The molecule has 0 saturated heterocycles. The van der Waals surface area contributed by atoms with Crippen LogP contribution < -0.4 is 0 Å². The smallest absolute Gasteiger partial charge is 0.196 e. The Labute approximate surface area is 91.5 Å². The van der Waals surface area contributed by atoms with E-state index in [2.05, 4.69) is 27.8 Å². The van der Waals surface area contributed by atoms with Crippen molar-refractivity contribution in [2.75, 3.05) is 0 Å². The minimum atomic E-state index is 0.454. The van der Waals surface area contributed by atoms with Crippen LogP contribution in [-0.2, 0) is 6.42 Å². The molecule has 2 aromatic rings. The van der Waals surface area contributed by atoms with Gasteiger partial charge in [0.05, 0.1) is 0 Å². The van der Waals surface area contributed by atoms with Crippen molar-refractivity contribution >= 4 is 27.0 Å². The molecule has 1 aromatic carbocycles. The monoisotopic (exact) mass is 253 g/mol. The van der Waals surface area contributed by atoms with Gasteiger partial charge in [-0.05, 0) is 18.6 Å². The van der Waals surface area contributed by atoms with Gasteiger partial charge in [-0.1, -0.05) is 35.0 Å². The predicted octanol–water partition coefficient (Wildman–Crippen LogP) is 3.54. The van der Waals surface area contributed by atoms with Gasteiger partial charge in [0.15, 0.2) is 11.5 Å². The molecule has 0 aliphatic rings. The van der Waals surface area contributed by atoms with Crippen LogP contribution in [0.1, 0.15) is 19.2 Å². The van der Waals surface area contributed by atoms with Crippen molar-refractivity contribution in [1.29, 1.82) is 0 Å². The van der Waals surface area contributed by atoms with E-state index in [1.807, 2.05) is 24.3 Å². The fraction of sp³-hybridized carbons (Fsp3) is 0.364. The first-order chi connectivity index (χ1) is 6.79. The van der Waals surface area contributed by atoms with Crippen molar-refractivity contribution in [1.82, 2.24) is 4.98 Å². The highest BCUT2D eigenvalue weighted by molar-refractivity contribution is 9.09. The molecule has 0 aliphatic carbocycles. The minimum absolute atomic E-state index is 0.454. The molecular weight excluding hydrogens is 242 g/mol. The van der Waals surface area contributed by atoms with Crippen molar-refractivity contribution < 1.29 is 4.42 Å². The highest BCUT2D eigenvalue weighted by Gasteiger charge is 2.09. The van der Waals surface area contributed by atoms with Gasteiger partial charge in [0, 0.05) is 11.2 Å². The lowest BCUT2D eigenvalue weighted by Crippen LogP contribution is -2.00. The van der Waals surface area contributed by atoms with Crippen LogP contribution in [0.2, 0.25) is 0 Å². The number of oxazole rings is 1. The molecule has 0 aliphatic heterocycles. The first-order valence-corrected chi connectivity index (χ1v) is 5.69. The first kappa shape index (κ1) is 9.71. The summed E-state index contributed by atoms with van der Waals surface area (Å²) in [5, 5.41) is 0. The molecule has 0 radical (unpaired) electrons. The number of para-hydroxylation sites is 2. The third kappa shape index (κ3) is 1.98. The largest absolute Gasteiger partial charge is 0.441 e. The van der Waals surface area contributed by atoms with Gasteiger partial charge >= 0.3 is 0 Å². The Morgan fingerprint density at radius 2 is 2.21 bits per heavy atom. The van der Waals surface area contributed by atoms with Crippen LogP contribution in [0, 0.1) is 0 Å². The zero-order chi connectivity index (χ0) is 9.97. The van der Waals surface area contributed by atoms with E-state index in [0.717, 1.165) is 29.8 Å². The maximum atomic E-state index is 5.60. The predicted molar refractivity (Wildman–Crippen MR) is 60.7 cm³/mol. The average molecular weight is 254 g/mol. The molecule has 0 N–H and O–H groups in total. The summed E-state index contributed by atoms with van der Waals surface area (Å²) in [6.07, 6.45) is 1.93. The topological polar surface area (TPSA) is 26.0 Å². The fourth-order valence-electron chi connectivity index (χ4n) is 1.34. The lowest BCUT2D eigenvalue weighted by molar-refractivity contribution is 0.523. The standard InChI is InChI=1S/C11H12BrNO/c1-2-8(12)7-11-13-9-5-3-4-6-10(9)14-11/h3-6,8H,2,7H2,1H3. The number of fused-ring (bicyclic) bond motifs is 1. The third-order valence-electron chi connectivity index (χ3n) is 2.18. The van der Waals surface area contributed by atoms with E-state index in [-0.39, 0.29) is 0 Å². The van der Waals surface area contributed by atoms with E-state index in [1.165, 1.54) is 0 Å². The van der Waals surface area contributed by atoms with Gasteiger partial charge < -0.3 is 4.42 Å². The second-order valence-corrected chi connectivity index (χ2v) is 4.58. The van der Waals surface area contributed by atoms with Crippen LogP contribution in [0.25, 0.3) is 11.1 Å². The summed E-state index contributed by atoms with van der Waals surface area (Å²) in [6.45, 7) is 2.14. The Morgan fingerprint density at radius 3 is 2.93 bits per heavy atom. The van der Waals surface area contributed by atoms with Crippen molar-refractivity contribution in [3.63, 3.8) is 0 Å². The van der Waals surface area contributed by atoms with Crippen molar-refractivity contribution in [2.45, 2.75) is 24.6 Å². The lowest BCUT2D eigenvalue weighted by atomic mass is 10.2. The number of benzene rings is 1. The summed E-state index contributed by atoms with van der Waals surface area (Å²) in [5.41, 5.74) is 1.82. The number of hydrogen-bond acceptors (Lipinski definition) is 2. The van der Waals surface area contributed by atoms with Gasteiger partial charge in [0.1, 0.15) is 5.52 Å². The molecule has 0 fully saturated rings. The molecule has 74 valence electrons. The van der Waals surface area contributed by atoms with E-state index >= 15 is 0 Å². The molecule has 2 nitrogen and oxygen atoms in total. The zero-order valence-corrected chi connectivity index (χ0v) is 9.62. The molecule has 0 bridgehead atoms. The molecular formula is C11H12BrNO. The van der Waals surface area contributed by atoms with E-state index < -0.39 is 0 Å². The molecule has 1 atom stereocenters. The van der Waals surface area contributed by atoms with Crippen molar-refractivity contribution in [3.8, 4) is 0 Å². The number of nitrogens with zero attached hydrogens (tertiary/aromatic N) is 1. The van der Waals surface area contributed by atoms with E-state index in [1.54, 1.807) is 0 Å². The molecule has 3 heteroatoms. The summed E-state index contributed by atoms with van der Waals surface area (Å²) < 4.78 is 5.60. The molecule has 1 unspecified atom stereocenters. The van der Waals surface area contributed by atoms with Gasteiger partial charge in [0.25, 0.3) is 0 Å². The Balaban J connectivity index is 2.27. The molecule has 1 heterocycles. The SMILES string of the molecule is CCC(Br)Cc1nc2ccccc2o1. The Hall–Kier alpha value is -0.830. The van der Waals surface area contributed by atoms with Gasteiger partial charge in [-0.3, -0.25) is 0 Å². The molecule has 0 saturated carbocycles. The number of aromatic nitrogens is 1. The van der Waals surface area contributed by atoms with Crippen LogP contribution in [-0.4, -0.2) is 9.81 Å². The third-order valence-corrected chi connectivity index (χ3v) is 3.15. The Kier molecular flexibility index (Phi) is 2.87. The summed E-state index contributed by atoms with van der Waals surface area (Å²) in [7, 11) is 0. The molecule has 2 rings (SSSR count). The van der Waals surface area contributed by atoms with Crippen LogP contribution in [0.3, 0.4) is 0 Å². The average Bonchev–Trinajstić information content (AvgIpc) is 2.59. The second kappa shape index (κ2) is 4.13. The van der Waals surface area contributed by atoms with E-state index in [0.29, 0.717) is 4.83 Å². The van der Waals surface area contributed by atoms with E-state index in [9.17, 15) is 0 Å². The number of hydrogen-bond donors (Lipinski definition) is 0. The molecule has 0 amide bonds. The van der Waals surface area contributed by atoms with Gasteiger partial charge in [-0.25, -0.2) is 4.98 Å². The van der Waals surface area contributed by atoms with Gasteiger partial charge in [-0.2, -0.15) is 0 Å². The first-order valence-electron chi connectivity index (χ1n) is 4.78. The van der Waals surface area contributed by atoms with Crippen LogP contribution in [0.15, 0.2) is 28.7 Å². The highest BCUT2D eigenvalue weighted by atomic mass is 79.9. The van der Waals surface area contributed by atoms with Gasteiger partial charge in [-0.15, -0.1) is 0 Å². The number of rotatable bonds is 3. The summed E-state index contributed by atoms with van der Waals surface area (Å²) in [6, 6.07) is 7.85. The second-order valence-electron chi connectivity index (χ2n) is 3.28.